The van der Waals surface area contributed by atoms with Crippen molar-refractivity contribution in [3.63, 3.8) is 0 Å². The van der Waals surface area contributed by atoms with Gasteiger partial charge in [0.05, 0.1) is 10.5 Å². The molecule has 1 aliphatic rings. The normalized spacial score (nSPS) is 16.5. The van der Waals surface area contributed by atoms with E-state index in [2.05, 4.69) is 26.0 Å². The predicted molar refractivity (Wildman–Crippen MR) is 87.9 cm³/mol. The molecule has 2 aromatic rings. The molecule has 2 heterocycles. The summed E-state index contributed by atoms with van der Waals surface area (Å²) < 4.78 is 6.50. The molecular formula is C15H11BrN4O4. The number of rotatable bonds is 3. The maximum Gasteiger partial charge on any atom is 0.269 e. The van der Waals surface area contributed by atoms with E-state index in [-0.39, 0.29) is 17.5 Å². The van der Waals surface area contributed by atoms with Crippen LogP contribution in [0.25, 0.3) is 0 Å². The van der Waals surface area contributed by atoms with Crippen LogP contribution in [0, 0.1) is 10.1 Å². The number of hydrazone groups is 1. The van der Waals surface area contributed by atoms with Crippen LogP contribution < -0.4 is 0 Å². The average Bonchev–Trinajstić information content (AvgIpc) is 3.00. The van der Waals surface area contributed by atoms with Gasteiger partial charge in [0, 0.05) is 41.5 Å². The number of carbonyl (C=O) groups is 1. The van der Waals surface area contributed by atoms with E-state index in [0.717, 1.165) is 9.48 Å². The van der Waals surface area contributed by atoms with Crippen molar-refractivity contribution in [2.45, 2.75) is 13.2 Å². The molecule has 0 saturated heterocycles. The van der Waals surface area contributed by atoms with Crippen LogP contribution >= 0.6 is 15.9 Å². The van der Waals surface area contributed by atoms with Gasteiger partial charge in [-0.1, -0.05) is 12.1 Å². The second kappa shape index (κ2) is 6.36. The zero-order valence-electron chi connectivity index (χ0n) is 12.4. The third-order valence-electron chi connectivity index (χ3n) is 3.28. The van der Waals surface area contributed by atoms with E-state index in [0.29, 0.717) is 11.1 Å². The lowest BCUT2D eigenvalue weighted by Crippen LogP contribution is -2.25. The highest BCUT2D eigenvalue weighted by atomic mass is 79.9. The van der Waals surface area contributed by atoms with Gasteiger partial charge in [-0.2, -0.15) is 5.01 Å². The van der Waals surface area contributed by atoms with E-state index in [1.54, 1.807) is 24.5 Å². The number of ether oxygens (including phenoxy) is 1. The second-order valence-electron chi connectivity index (χ2n) is 4.98. The minimum Gasteiger partial charge on any atom is -0.446 e. The van der Waals surface area contributed by atoms with E-state index in [9.17, 15) is 14.9 Å². The van der Waals surface area contributed by atoms with Crippen LogP contribution in [-0.4, -0.2) is 26.7 Å². The molecule has 1 aromatic carbocycles. The van der Waals surface area contributed by atoms with Crippen molar-refractivity contribution >= 4 is 33.4 Å². The Balaban J connectivity index is 1.97. The molecule has 3 rings (SSSR count). The molecule has 1 amide bonds. The Kier molecular flexibility index (Phi) is 4.26. The van der Waals surface area contributed by atoms with Crippen molar-refractivity contribution in [2.24, 2.45) is 5.10 Å². The highest BCUT2D eigenvalue weighted by Gasteiger charge is 2.34. The maximum atomic E-state index is 11.9. The summed E-state index contributed by atoms with van der Waals surface area (Å²) in [5.41, 5.74) is 0.960. The number of hydrogen-bond acceptors (Lipinski definition) is 6. The first kappa shape index (κ1) is 16.1. The standard InChI is InChI=1S/C15H11BrN4O4/c1-9(21)19-15(10-3-2-4-13(6-10)20(22)23)24-14(18-19)11-5-12(16)8-17-7-11/h2-8,15H,1H3. The molecule has 0 N–H and O–H groups in total. The molecule has 0 aliphatic carbocycles. The number of halogens is 1. The summed E-state index contributed by atoms with van der Waals surface area (Å²) in [6.45, 7) is 1.35. The van der Waals surface area contributed by atoms with E-state index in [1.165, 1.54) is 25.1 Å². The number of nitro groups is 1. The van der Waals surface area contributed by atoms with E-state index >= 15 is 0 Å². The fraction of sp³-hybridized carbons (Fsp3) is 0.133. The number of carbonyl (C=O) groups excluding carboxylic acids is 1. The van der Waals surface area contributed by atoms with Crippen molar-refractivity contribution in [3.05, 3.63) is 68.4 Å². The number of hydrogen-bond donors (Lipinski definition) is 0. The molecule has 24 heavy (non-hydrogen) atoms. The van der Waals surface area contributed by atoms with Crippen molar-refractivity contribution in [1.29, 1.82) is 0 Å². The largest absolute Gasteiger partial charge is 0.446 e. The Hall–Kier alpha value is -2.81. The lowest BCUT2D eigenvalue weighted by atomic mass is 10.1. The van der Waals surface area contributed by atoms with Crippen LogP contribution in [0.2, 0.25) is 0 Å². The topological polar surface area (TPSA) is 97.9 Å². The van der Waals surface area contributed by atoms with Crippen LogP contribution in [0.15, 0.2) is 52.3 Å². The summed E-state index contributed by atoms with van der Waals surface area (Å²) in [6.07, 6.45) is 2.30. The minimum atomic E-state index is -0.864. The molecule has 1 atom stereocenters. The number of benzene rings is 1. The van der Waals surface area contributed by atoms with Crippen molar-refractivity contribution in [2.75, 3.05) is 0 Å². The van der Waals surface area contributed by atoms with Crippen molar-refractivity contribution in [1.82, 2.24) is 9.99 Å². The molecule has 0 radical (unpaired) electrons. The van der Waals surface area contributed by atoms with Gasteiger partial charge in [-0.15, -0.1) is 5.10 Å². The lowest BCUT2D eigenvalue weighted by molar-refractivity contribution is -0.385. The van der Waals surface area contributed by atoms with Gasteiger partial charge in [-0.25, -0.2) is 0 Å². The van der Waals surface area contributed by atoms with Gasteiger partial charge in [0.15, 0.2) is 0 Å². The number of pyridine rings is 1. The van der Waals surface area contributed by atoms with Gasteiger partial charge in [-0.05, 0) is 22.0 Å². The van der Waals surface area contributed by atoms with Crippen molar-refractivity contribution < 1.29 is 14.5 Å². The number of non-ortho nitro benzene ring substituents is 1. The SMILES string of the molecule is CC(=O)N1N=C(c2cncc(Br)c2)OC1c1cccc([N+](=O)[O-])c1. The Labute approximate surface area is 145 Å². The summed E-state index contributed by atoms with van der Waals surface area (Å²) in [4.78, 5) is 26.4. The smallest absolute Gasteiger partial charge is 0.269 e. The monoisotopic (exact) mass is 390 g/mol. The van der Waals surface area contributed by atoms with Gasteiger partial charge < -0.3 is 4.74 Å². The third-order valence-corrected chi connectivity index (χ3v) is 3.72. The van der Waals surface area contributed by atoms with Crippen LogP contribution in [0.5, 0.6) is 0 Å². The Bertz CT molecular complexity index is 855. The molecule has 0 fully saturated rings. The van der Waals surface area contributed by atoms with Crippen LogP contribution in [0.3, 0.4) is 0 Å². The molecule has 1 unspecified atom stereocenters. The first-order chi connectivity index (χ1) is 11.5. The third kappa shape index (κ3) is 3.11. The Morgan fingerprint density at radius 2 is 2.17 bits per heavy atom. The molecule has 122 valence electrons. The zero-order valence-corrected chi connectivity index (χ0v) is 14.0. The Morgan fingerprint density at radius 3 is 2.83 bits per heavy atom. The van der Waals surface area contributed by atoms with Gasteiger partial charge in [0.1, 0.15) is 0 Å². The summed E-state index contributed by atoms with van der Waals surface area (Å²) in [5, 5.41) is 16.3. The summed E-state index contributed by atoms with van der Waals surface area (Å²) in [7, 11) is 0. The second-order valence-corrected chi connectivity index (χ2v) is 5.90. The summed E-state index contributed by atoms with van der Waals surface area (Å²) in [5.74, 6) is -0.125. The average molecular weight is 391 g/mol. The molecular weight excluding hydrogens is 380 g/mol. The highest BCUT2D eigenvalue weighted by Crippen LogP contribution is 2.32. The van der Waals surface area contributed by atoms with Gasteiger partial charge in [0.25, 0.3) is 5.69 Å². The maximum absolute atomic E-state index is 11.9. The summed E-state index contributed by atoms with van der Waals surface area (Å²) in [6, 6.07) is 7.66. The van der Waals surface area contributed by atoms with E-state index in [4.69, 9.17) is 4.74 Å². The molecule has 0 saturated carbocycles. The molecule has 1 aromatic heterocycles. The summed E-state index contributed by atoms with van der Waals surface area (Å²) >= 11 is 3.31. The number of amides is 1. The minimum absolute atomic E-state index is 0.0859. The quantitative estimate of drug-likeness (QED) is 0.592. The van der Waals surface area contributed by atoms with Crippen LogP contribution in [-0.2, 0) is 9.53 Å². The first-order valence-corrected chi connectivity index (χ1v) is 7.65. The predicted octanol–water partition coefficient (Wildman–Crippen LogP) is 2.99. The van der Waals surface area contributed by atoms with Crippen LogP contribution in [0.4, 0.5) is 5.69 Å². The Morgan fingerprint density at radius 1 is 1.38 bits per heavy atom. The number of aromatic nitrogens is 1. The molecule has 0 bridgehead atoms. The number of nitrogens with zero attached hydrogens (tertiary/aromatic N) is 4. The lowest BCUT2D eigenvalue weighted by Gasteiger charge is -2.19. The molecule has 8 nitrogen and oxygen atoms in total. The van der Waals surface area contributed by atoms with E-state index < -0.39 is 11.2 Å². The van der Waals surface area contributed by atoms with Gasteiger partial charge in [0.2, 0.25) is 18.0 Å². The molecule has 9 heteroatoms. The molecule has 1 aliphatic heterocycles. The number of nitro benzene ring substituents is 1. The highest BCUT2D eigenvalue weighted by molar-refractivity contribution is 9.10. The first-order valence-electron chi connectivity index (χ1n) is 6.86. The van der Waals surface area contributed by atoms with E-state index in [1.807, 2.05) is 0 Å². The van der Waals surface area contributed by atoms with Gasteiger partial charge >= 0.3 is 0 Å². The zero-order chi connectivity index (χ0) is 17.3. The van der Waals surface area contributed by atoms with Gasteiger partial charge in [-0.3, -0.25) is 19.9 Å². The fourth-order valence-electron chi connectivity index (χ4n) is 2.22. The molecule has 0 spiro atoms. The van der Waals surface area contributed by atoms with Crippen LogP contribution in [0.1, 0.15) is 24.3 Å². The van der Waals surface area contributed by atoms with Crippen molar-refractivity contribution in [3.8, 4) is 0 Å². The fourth-order valence-corrected chi connectivity index (χ4v) is 2.59.